The van der Waals surface area contributed by atoms with Gasteiger partial charge >= 0.3 is 0 Å². The fourth-order valence-electron chi connectivity index (χ4n) is 3.56. The van der Waals surface area contributed by atoms with E-state index >= 15 is 0 Å². The summed E-state index contributed by atoms with van der Waals surface area (Å²) in [6, 6.07) is 16.8. The second-order valence-corrected chi connectivity index (χ2v) is 7.88. The molecule has 0 aliphatic heterocycles. The third kappa shape index (κ3) is 8.18. The fraction of sp³-hybridized carbons (Fsp3) is 0.385. The summed E-state index contributed by atoms with van der Waals surface area (Å²) >= 11 is 0. The Labute approximate surface area is 196 Å². The highest BCUT2D eigenvalue weighted by atomic mass is 16.2. The van der Waals surface area contributed by atoms with Crippen LogP contribution in [0.2, 0.25) is 0 Å². The highest BCUT2D eigenvalue weighted by Crippen LogP contribution is 2.46. The van der Waals surface area contributed by atoms with Crippen LogP contribution in [-0.2, 0) is 19.2 Å². The third-order valence-corrected chi connectivity index (χ3v) is 4.89. The molecule has 3 amide bonds. The molecule has 2 aromatic rings. The SMILES string of the molecule is CC.CC(=O)NNC(=O)[C@H](C)NC(=O)C=O.CC(C)CC1c2ccccc2-c2ccccc21. The van der Waals surface area contributed by atoms with Crippen LogP contribution in [0.4, 0.5) is 0 Å². The minimum atomic E-state index is -0.893. The van der Waals surface area contributed by atoms with E-state index in [-0.39, 0.29) is 6.29 Å². The van der Waals surface area contributed by atoms with E-state index in [9.17, 15) is 19.2 Å². The Kier molecular flexibility index (Phi) is 11.5. The molecule has 0 radical (unpaired) electrons. The number of nitrogens with one attached hydrogen (secondary N) is 3. The van der Waals surface area contributed by atoms with Crippen LogP contribution in [0.3, 0.4) is 0 Å². The van der Waals surface area contributed by atoms with E-state index < -0.39 is 23.8 Å². The van der Waals surface area contributed by atoms with Gasteiger partial charge in [-0.05, 0) is 41.5 Å². The van der Waals surface area contributed by atoms with Gasteiger partial charge in [0.1, 0.15) is 6.04 Å². The largest absolute Gasteiger partial charge is 0.338 e. The van der Waals surface area contributed by atoms with Crippen molar-refractivity contribution >= 4 is 24.0 Å². The number of carbonyl (C=O) groups excluding carboxylic acids is 4. The zero-order chi connectivity index (χ0) is 25.0. The van der Waals surface area contributed by atoms with E-state index in [0.717, 1.165) is 5.92 Å². The molecule has 7 nitrogen and oxygen atoms in total. The van der Waals surface area contributed by atoms with Gasteiger partial charge in [0, 0.05) is 12.8 Å². The van der Waals surface area contributed by atoms with E-state index in [1.54, 1.807) is 0 Å². The molecule has 178 valence electrons. The van der Waals surface area contributed by atoms with Crippen LogP contribution >= 0.6 is 0 Å². The summed E-state index contributed by atoms with van der Waals surface area (Å²) in [6.45, 7) is 11.2. The molecule has 0 aromatic heterocycles. The standard InChI is InChI=1S/C17H18.C7H11N3O4.C2H6/c1-12(2)11-17-15-9-5-3-7-13(15)14-8-4-6-10-16(14)17;1-4(8-6(13)3-11)7(14)10-9-5(2)12;1-2/h3-10,12,17H,11H2,1-2H3;3-4H,1-2H3,(H,8,13)(H,9,12)(H,10,14);1-2H3/t;4-;/m.0./s1. The van der Waals surface area contributed by atoms with Gasteiger partial charge in [0.05, 0.1) is 0 Å². The molecular formula is C26H35N3O4. The maximum Gasteiger partial charge on any atom is 0.284 e. The molecule has 0 heterocycles. The zero-order valence-corrected chi connectivity index (χ0v) is 20.3. The molecule has 3 N–H and O–H groups in total. The van der Waals surface area contributed by atoms with E-state index in [4.69, 9.17) is 0 Å². The van der Waals surface area contributed by atoms with Crippen molar-refractivity contribution in [1.29, 1.82) is 0 Å². The molecule has 0 bridgehead atoms. The molecule has 2 aromatic carbocycles. The van der Waals surface area contributed by atoms with Crippen molar-refractivity contribution in [2.75, 3.05) is 0 Å². The van der Waals surface area contributed by atoms with E-state index in [1.165, 1.54) is 42.5 Å². The minimum absolute atomic E-state index is 0.0577. The molecule has 1 atom stereocenters. The van der Waals surface area contributed by atoms with Crippen LogP contribution in [0.15, 0.2) is 48.5 Å². The lowest BCUT2D eigenvalue weighted by molar-refractivity contribution is -0.134. The van der Waals surface area contributed by atoms with Crippen LogP contribution < -0.4 is 16.2 Å². The van der Waals surface area contributed by atoms with Gasteiger partial charge in [-0.2, -0.15) is 0 Å². The number of amides is 3. The Balaban J connectivity index is 0.000000314. The average Bonchev–Trinajstić information content (AvgIpc) is 3.12. The minimum Gasteiger partial charge on any atom is -0.338 e. The molecule has 0 saturated carbocycles. The van der Waals surface area contributed by atoms with Crippen molar-refractivity contribution in [3.63, 3.8) is 0 Å². The van der Waals surface area contributed by atoms with Crippen LogP contribution in [0.5, 0.6) is 0 Å². The molecule has 1 aliphatic carbocycles. The molecule has 3 rings (SSSR count). The summed E-state index contributed by atoms with van der Waals surface area (Å²) in [6.07, 6.45) is 1.30. The maximum absolute atomic E-state index is 11.0. The van der Waals surface area contributed by atoms with Crippen molar-refractivity contribution < 1.29 is 19.2 Å². The van der Waals surface area contributed by atoms with Gasteiger partial charge in [-0.15, -0.1) is 0 Å². The Morgan fingerprint density at radius 3 is 1.79 bits per heavy atom. The molecule has 33 heavy (non-hydrogen) atoms. The molecule has 0 spiro atoms. The molecule has 0 saturated heterocycles. The van der Waals surface area contributed by atoms with E-state index in [2.05, 4.69) is 67.7 Å². The lowest BCUT2D eigenvalue weighted by Crippen LogP contribution is -2.50. The number of carbonyl (C=O) groups is 4. The molecule has 7 heteroatoms. The van der Waals surface area contributed by atoms with Gasteiger partial charge in [0.15, 0.2) is 0 Å². The number of hydrogen-bond acceptors (Lipinski definition) is 4. The Morgan fingerprint density at radius 1 is 0.879 bits per heavy atom. The summed E-state index contributed by atoms with van der Waals surface area (Å²) < 4.78 is 0. The van der Waals surface area contributed by atoms with E-state index in [0.29, 0.717) is 5.92 Å². The first kappa shape index (κ1) is 27.6. The quantitative estimate of drug-likeness (QED) is 0.364. The molecular weight excluding hydrogens is 418 g/mol. The second-order valence-electron chi connectivity index (χ2n) is 7.88. The smallest absolute Gasteiger partial charge is 0.284 e. The Hall–Kier alpha value is -3.48. The Bertz CT molecular complexity index is 911. The van der Waals surface area contributed by atoms with Crippen LogP contribution in [0.25, 0.3) is 11.1 Å². The highest BCUT2D eigenvalue weighted by molar-refractivity contribution is 6.24. The van der Waals surface area contributed by atoms with Crippen molar-refractivity contribution in [3.8, 4) is 11.1 Å². The summed E-state index contributed by atoms with van der Waals surface area (Å²) in [4.78, 5) is 41.9. The van der Waals surface area contributed by atoms with Gasteiger partial charge in [-0.3, -0.25) is 30.0 Å². The van der Waals surface area contributed by atoms with Crippen LogP contribution in [0.1, 0.15) is 65.0 Å². The molecule has 1 aliphatic rings. The van der Waals surface area contributed by atoms with Gasteiger partial charge in [0.2, 0.25) is 12.2 Å². The van der Waals surface area contributed by atoms with Crippen LogP contribution in [0, 0.1) is 5.92 Å². The van der Waals surface area contributed by atoms with Crippen molar-refractivity contribution in [1.82, 2.24) is 16.2 Å². The van der Waals surface area contributed by atoms with Crippen molar-refractivity contribution in [3.05, 3.63) is 59.7 Å². The number of benzene rings is 2. The zero-order valence-electron chi connectivity index (χ0n) is 20.3. The second kappa shape index (κ2) is 13.8. The number of rotatable bonds is 5. The topological polar surface area (TPSA) is 104 Å². The number of hydrogen-bond donors (Lipinski definition) is 3. The van der Waals surface area contributed by atoms with Gasteiger partial charge in [0.25, 0.3) is 11.8 Å². The monoisotopic (exact) mass is 453 g/mol. The van der Waals surface area contributed by atoms with Crippen molar-refractivity contribution in [2.24, 2.45) is 5.92 Å². The first-order chi connectivity index (χ1) is 15.7. The predicted octanol–water partition coefficient (Wildman–Crippen LogP) is 3.73. The maximum atomic E-state index is 11.0. The molecule has 0 fully saturated rings. The first-order valence-corrected chi connectivity index (χ1v) is 11.2. The summed E-state index contributed by atoms with van der Waals surface area (Å²) in [5.41, 5.74) is 9.99. The summed E-state index contributed by atoms with van der Waals surface area (Å²) in [5.74, 6) is -0.611. The van der Waals surface area contributed by atoms with Crippen LogP contribution in [-0.4, -0.2) is 30.0 Å². The van der Waals surface area contributed by atoms with E-state index in [1.807, 2.05) is 24.7 Å². The molecule has 0 unspecified atom stereocenters. The normalized spacial score (nSPS) is 12.0. The number of fused-ring (bicyclic) bond motifs is 3. The highest BCUT2D eigenvalue weighted by Gasteiger charge is 2.28. The Morgan fingerprint density at radius 2 is 1.36 bits per heavy atom. The van der Waals surface area contributed by atoms with Gasteiger partial charge in [-0.1, -0.05) is 76.2 Å². The fourth-order valence-corrected chi connectivity index (χ4v) is 3.56. The predicted molar refractivity (Wildman–Crippen MR) is 130 cm³/mol. The lowest BCUT2D eigenvalue weighted by atomic mass is 9.89. The van der Waals surface area contributed by atoms with Gasteiger partial charge < -0.3 is 5.32 Å². The van der Waals surface area contributed by atoms with Crippen molar-refractivity contribution in [2.45, 2.75) is 59.9 Å². The lowest BCUT2D eigenvalue weighted by Gasteiger charge is -2.15. The summed E-state index contributed by atoms with van der Waals surface area (Å²) in [7, 11) is 0. The third-order valence-electron chi connectivity index (χ3n) is 4.89. The summed E-state index contributed by atoms with van der Waals surface area (Å²) in [5, 5.41) is 2.08. The number of hydrazine groups is 1. The first-order valence-electron chi connectivity index (χ1n) is 11.2. The van der Waals surface area contributed by atoms with Gasteiger partial charge in [-0.25, -0.2) is 0 Å². The number of aldehydes is 1. The average molecular weight is 454 g/mol.